The topological polar surface area (TPSA) is 109 Å². The SMILES string of the molecule is COc1cc(NC(=O)c2ccc([N+](=O)[O-])cc2)cc(OC)c1-n1ccnc1. The Labute approximate surface area is 154 Å². The van der Waals surface area contributed by atoms with Crippen LogP contribution in [0.5, 0.6) is 11.5 Å². The molecule has 9 nitrogen and oxygen atoms in total. The highest BCUT2D eigenvalue weighted by molar-refractivity contribution is 6.04. The third-order valence-corrected chi connectivity index (χ3v) is 3.84. The molecule has 1 N–H and O–H groups in total. The maximum atomic E-state index is 12.4. The summed E-state index contributed by atoms with van der Waals surface area (Å²) in [6, 6.07) is 8.64. The number of hydrogen-bond donors (Lipinski definition) is 1. The van der Waals surface area contributed by atoms with Gasteiger partial charge in [0.25, 0.3) is 11.6 Å². The highest BCUT2D eigenvalue weighted by Gasteiger charge is 2.16. The minimum absolute atomic E-state index is 0.0837. The average molecular weight is 368 g/mol. The lowest BCUT2D eigenvalue weighted by Gasteiger charge is -2.16. The minimum atomic E-state index is -0.522. The predicted octanol–water partition coefficient (Wildman–Crippen LogP) is 3.05. The average Bonchev–Trinajstić information content (AvgIpc) is 3.21. The van der Waals surface area contributed by atoms with Crippen LogP contribution in [0.15, 0.2) is 55.1 Å². The summed E-state index contributed by atoms with van der Waals surface area (Å²) >= 11 is 0. The molecule has 0 radical (unpaired) electrons. The van der Waals surface area contributed by atoms with Crippen LogP contribution < -0.4 is 14.8 Å². The molecule has 0 saturated carbocycles. The van der Waals surface area contributed by atoms with Gasteiger partial charge in [0.2, 0.25) is 0 Å². The molecular formula is C18H16N4O5. The molecule has 9 heteroatoms. The van der Waals surface area contributed by atoms with Gasteiger partial charge >= 0.3 is 0 Å². The zero-order valence-corrected chi connectivity index (χ0v) is 14.6. The molecular weight excluding hydrogens is 352 g/mol. The third kappa shape index (κ3) is 3.71. The summed E-state index contributed by atoms with van der Waals surface area (Å²) in [5.74, 6) is 0.544. The zero-order valence-electron chi connectivity index (χ0n) is 14.6. The van der Waals surface area contributed by atoms with Crippen LogP contribution in [0.4, 0.5) is 11.4 Å². The first-order chi connectivity index (χ1) is 13.0. The standard InChI is InChI=1S/C18H16N4O5/c1-26-15-9-13(10-16(27-2)17(15)21-8-7-19-11-21)20-18(23)12-3-5-14(6-4-12)22(24)25/h3-11H,1-2H3,(H,20,23). The Morgan fingerprint density at radius 1 is 1.15 bits per heavy atom. The molecule has 138 valence electrons. The molecule has 0 aliphatic heterocycles. The molecule has 3 rings (SSSR count). The van der Waals surface area contributed by atoms with Crippen molar-refractivity contribution in [3.05, 3.63) is 70.8 Å². The Balaban J connectivity index is 1.90. The number of non-ortho nitro benzene ring substituents is 1. The van der Waals surface area contributed by atoms with E-state index in [1.807, 2.05) is 0 Å². The van der Waals surface area contributed by atoms with Crippen LogP contribution in [0.2, 0.25) is 0 Å². The van der Waals surface area contributed by atoms with Crippen molar-refractivity contribution in [3.63, 3.8) is 0 Å². The molecule has 0 aliphatic carbocycles. The number of carbonyl (C=O) groups excluding carboxylic acids is 1. The van der Waals surface area contributed by atoms with E-state index >= 15 is 0 Å². The summed E-state index contributed by atoms with van der Waals surface area (Å²) in [7, 11) is 3.02. The fraction of sp³-hybridized carbons (Fsp3) is 0.111. The van der Waals surface area contributed by atoms with Crippen molar-refractivity contribution in [2.24, 2.45) is 0 Å². The molecule has 0 fully saturated rings. The summed E-state index contributed by atoms with van der Waals surface area (Å²) in [5.41, 5.74) is 1.30. The molecule has 0 aliphatic rings. The lowest BCUT2D eigenvalue weighted by molar-refractivity contribution is -0.384. The number of nitro benzene ring substituents is 1. The fourth-order valence-electron chi connectivity index (χ4n) is 2.55. The Morgan fingerprint density at radius 2 is 1.78 bits per heavy atom. The van der Waals surface area contributed by atoms with Gasteiger partial charge in [0.05, 0.1) is 25.5 Å². The van der Waals surface area contributed by atoms with E-state index in [0.717, 1.165) is 0 Å². The number of ether oxygens (including phenoxy) is 2. The number of nitrogens with zero attached hydrogens (tertiary/aromatic N) is 3. The van der Waals surface area contributed by atoms with Gasteiger partial charge in [-0.1, -0.05) is 0 Å². The van der Waals surface area contributed by atoms with Gasteiger partial charge in [0, 0.05) is 47.9 Å². The molecule has 3 aromatic rings. The maximum Gasteiger partial charge on any atom is 0.269 e. The van der Waals surface area contributed by atoms with E-state index in [4.69, 9.17) is 9.47 Å². The zero-order chi connectivity index (χ0) is 19.4. The van der Waals surface area contributed by atoms with E-state index in [1.165, 1.54) is 38.5 Å². The van der Waals surface area contributed by atoms with Gasteiger partial charge < -0.3 is 14.8 Å². The first-order valence-corrected chi connectivity index (χ1v) is 7.83. The number of imidazole rings is 1. The quantitative estimate of drug-likeness (QED) is 0.529. The normalized spacial score (nSPS) is 10.3. The van der Waals surface area contributed by atoms with E-state index in [2.05, 4.69) is 10.3 Å². The second kappa shape index (κ2) is 7.56. The summed E-state index contributed by atoms with van der Waals surface area (Å²) in [5, 5.41) is 13.4. The Bertz CT molecular complexity index is 943. The number of nitrogens with one attached hydrogen (secondary N) is 1. The summed E-state index contributed by atoms with van der Waals surface area (Å²) in [6.07, 6.45) is 4.98. The predicted molar refractivity (Wildman–Crippen MR) is 97.7 cm³/mol. The highest BCUT2D eigenvalue weighted by Crippen LogP contribution is 2.36. The summed E-state index contributed by atoms with van der Waals surface area (Å²) in [6.45, 7) is 0. The second-order valence-electron chi connectivity index (χ2n) is 5.46. The number of benzene rings is 2. The fourth-order valence-corrected chi connectivity index (χ4v) is 2.55. The van der Waals surface area contributed by atoms with Crippen molar-refractivity contribution in [2.75, 3.05) is 19.5 Å². The first kappa shape index (κ1) is 17.9. The van der Waals surface area contributed by atoms with Gasteiger partial charge in [-0.05, 0) is 12.1 Å². The van der Waals surface area contributed by atoms with Gasteiger partial charge in [0.15, 0.2) is 0 Å². The minimum Gasteiger partial charge on any atom is -0.494 e. The largest absolute Gasteiger partial charge is 0.494 e. The molecule has 27 heavy (non-hydrogen) atoms. The second-order valence-corrected chi connectivity index (χ2v) is 5.46. The number of amides is 1. The molecule has 1 amide bonds. The van der Waals surface area contributed by atoms with Crippen LogP contribution in [-0.2, 0) is 0 Å². The lowest BCUT2D eigenvalue weighted by atomic mass is 10.1. The van der Waals surface area contributed by atoms with Crippen molar-refractivity contribution in [3.8, 4) is 17.2 Å². The Hall–Kier alpha value is -3.88. The van der Waals surface area contributed by atoms with Crippen LogP contribution >= 0.6 is 0 Å². The number of anilines is 1. The number of rotatable bonds is 6. The van der Waals surface area contributed by atoms with E-state index in [9.17, 15) is 14.9 Å². The van der Waals surface area contributed by atoms with E-state index in [-0.39, 0.29) is 11.3 Å². The van der Waals surface area contributed by atoms with Crippen LogP contribution in [-0.4, -0.2) is 34.6 Å². The number of hydrogen-bond acceptors (Lipinski definition) is 6. The lowest BCUT2D eigenvalue weighted by Crippen LogP contribution is -2.12. The number of carbonyl (C=O) groups is 1. The van der Waals surface area contributed by atoms with Crippen molar-refractivity contribution < 1.29 is 19.2 Å². The Morgan fingerprint density at radius 3 is 2.26 bits per heavy atom. The Kier molecular flexibility index (Phi) is 5.02. The van der Waals surface area contributed by atoms with Crippen LogP contribution in [0.25, 0.3) is 5.69 Å². The summed E-state index contributed by atoms with van der Waals surface area (Å²) < 4.78 is 12.6. The van der Waals surface area contributed by atoms with Crippen LogP contribution in [0, 0.1) is 10.1 Å². The van der Waals surface area contributed by atoms with Crippen molar-refractivity contribution in [2.45, 2.75) is 0 Å². The number of nitro groups is 1. The molecule has 0 bridgehead atoms. The van der Waals surface area contributed by atoms with Crippen molar-refractivity contribution in [1.82, 2.24) is 9.55 Å². The van der Waals surface area contributed by atoms with Crippen molar-refractivity contribution >= 4 is 17.3 Å². The van der Waals surface area contributed by atoms with E-state index in [0.29, 0.717) is 22.9 Å². The smallest absolute Gasteiger partial charge is 0.269 e. The molecule has 0 atom stereocenters. The van der Waals surface area contributed by atoms with Gasteiger partial charge in [-0.3, -0.25) is 19.5 Å². The number of aromatic nitrogens is 2. The number of methoxy groups -OCH3 is 2. The third-order valence-electron chi connectivity index (χ3n) is 3.84. The van der Waals surface area contributed by atoms with Crippen LogP contribution in [0.1, 0.15) is 10.4 Å². The van der Waals surface area contributed by atoms with Gasteiger partial charge in [-0.15, -0.1) is 0 Å². The molecule has 0 saturated heterocycles. The van der Waals surface area contributed by atoms with E-state index < -0.39 is 10.8 Å². The monoisotopic (exact) mass is 368 g/mol. The highest BCUT2D eigenvalue weighted by atomic mass is 16.6. The molecule has 2 aromatic carbocycles. The molecule has 1 aromatic heterocycles. The van der Waals surface area contributed by atoms with Gasteiger partial charge in [-0.2, -0.15) is 0 Å². The van der Waals surface area contributed by atoms with Crippen molar-refractivity contribution in [1.29, 1.82) is 0 Å². The summed E-state index contributed by atoms with van der Waals surface area (Å²) in [4.78, 5) is 26.6. The van der Waals surface area contributed by atoms with Crippen LogP contribution in [0.3, 0.4) is 0 Å². The molecule has 0 spiro atoms. The van der Waals surface area contributed by atoms with Gasteiger partial charge in [0.1, 0.15) is 17.2 Å². The van der Waals surface area contributed by atoms with Gasteiger partial charge in [-0.25, -0.2) is 4.98 Å². The first-order valence-electron chi connectivity index (χ1n) is 7.83. The molecule has 0 unspecified atom stereocenters. The molecule has 1 heterocycles. The van der Waals surface area contributed by atoms with E-state index in [1.54, 1.807) is 35.4 Å². The maximum absolute atomic E-state index is 12.4.